The van der Waals surface area contributed by atoms with Gasteiger partial charge in [-0.05, 0) is 96.3 Å². The van der Waals surface area contributed by atoms with Crippen molar-refractivity contribution < 1.29 is 19.0 Å². The van der Waals surface area contributed by atoms with Crippen LogP contribution in [0.15, 0.2) is 78.9 Å². The number of carboxylic acid groups (broad SMARTS) is 1. The molecule has 1 N–H and O–H groups in total. The van der Waals surface area contributed by atoms with Crippen LogP contribution in [0.1, 0.15) is 52.3 Å². The molecule has 1 aliphatic heterocycles. The Morgan fingerprint density at radius 1 is 1.07 bits per heavy atom. The maximum Gasteiger partial charge on any atom is 0.307 e. The lowest BCUT2D eigenvalue weighted by atomic mass is 9.74. The van der Waals surface area contributed by atoms with Crippen molar-refractivity contribution in [2.75, 3.05) is 18.0 Å². The summed E-state index contributed by atoms with van der Waals surface area (Å²) in [6.45, 7) is 4.03. The van der Waals surface area contributed by atoms with E-state index in [1.165, 1.54) is 17.2 Å². The van der Waals surface area contributed by atoms with Gasteiger partial charge < -0.3 is 14.7 Å². The number of nitrogens with zero attached hydrogens (tertiary/aromatic N) is 2. The fourth-order valence-corrected chi connectivity index (χ4v) is 7.87. The summed E-state index contributed by atoms with van der Waals surface area (Å²) in [4.78, 5) is 18.8. The molecule has 1 saturated heterocycles. The molecule has 216 valence electrons. The van der Waals surface area contributed by atoms with Crippen LogP contribution >= 0.6 is 0 Å². The number of aliphatic carboxylic acids is 1. The number of pyridine rings is 1. The first-order chi connectivity index (χ1) is 20.9. The molecule has 1 spiro atoms. The van der Waals surface area contributed by atoms with Crippen molar-refractivity contribution in [2.24, 2.45) is 11.8 Å². The van der Waals surface area contributed by atoms with Gasteiger partial charge in [0.25, 0.3) is 0 Å². The van der Waals surface area contributed by atoms with Gasteiger partial charge in [0.1, 0.15) is 24.0 Å². The maximum atomic E-state index is 14.8. The molecule has 2 heterocycles. The second-order valence-electron chi connectivity index (χ2n) is 12.6. The zero-order chi connectivity index (χ0) is 29.3. The molecule has 4 aromatic rings. The monoisotopic (exact) mass is 572 g/mol. The molecule has 5 nitrogen and oxygen atoms in total. The number of piperidine rings is 1. The molecular weight excluding hydrogens is 539 g/mol. The summed E-state index contributed by atoms with van der Waals surface area (Å²) in [6, 6.07) is 23.9. The number of hydrogen-bond donors (Lipinski definition) is 1. The Morgan fingerprint density at radius 2 is 1.91 bits per heavy atom. The number of carbonyl (C=O) groups is 1. The molecule has 3 aliphatic carbocycles. The third-order valence-corrected chi connectivity index (χ3v) is 10.3. The number of aryl methyl sites for hydroxylation is 1. The molecule has 43 heavy (non-hydrogen) atoms. The summed E-state index contributed by atoms with van der Waals surface area (Å²) in [5, 5.41) is 9.37. The van der Waals surface area contributed by atoms with E-state index < -0.39 is 5.97 Å². The molecule has 6 heteroatoms. The van der Waals surface area contributed by atoms with E-state index in [0.29, 0.717) is 11.3 Å². The van der Waals surface area contributed by atoms with Gasteiger partial charge in [0.2, 0.25) is 0 Å². The molecule has 0 radical (unpaired) electrons. The van der Waals surface area contributed by atoms with Crippen LogP contribution in [0.2, 0.25) is 0 Å². The first-order valence-corrected chi connectivity index (χ1v) is 15.2. The minimum atomic E-state index is -0.704. The van der Waals surface area contributed by atoms with Gasteiger partial charge in [0.05, 0.1) is 5.92 Å². The van der Waals surface area contributed by atoms with E-state index in [1.807, 2.05) is 31.2 Å². The first-order valence-electron chi connectivity index (χ1n) is 15.2. The van der Waals surface area contributed by atoms with Crippen LogP contribution in [0.4, 0.5) is 10.2 Å². The van der Waals surface area contributed by atoms with Crippen molar-refractivity contribution in [3.63, 3.8) is 0 Å². The molecule has 4 aliphatic rings. The van der Waals surface area contributed by atoms with E-state index in [2.05, 4.69) is 53.5 Å². The second kappa shape index (κ2) is 9.80. The summed E-state index contributed by atoms with van der Waals surface area (Å²) < 4.78 is 20.9. The molecule has 3 unspecified atom stereocenters. The number of ether oxygens (including phenoxy) is 1. The number of carboxylic acids is 1. The molecule has 3 atom stereocenters. The summed E-state index contributed by atoms with van der Waals surface area (Å²) >= 11 is 0. The third kappa shape index (κ3) is 4.34. The van der Waals surface area contributed by atoms with Crippen molar-refractivity contribution in [1.29, 1.82) is 0 Å². The predicted octanol–water partition coefficient (Wildman–Crippen LogP) is 7.31. The highest BCUT2D eigenvalue weighted by molar-refractivity contribution is 5.78. The number of allylic oxidation sites excluding steroid dienone is 1. The largest absolute Gasteiger partial charge is 0.489 e. The average molecular weight is 573 g/mol. The van der Waals surface area contributed by atoms with Crippen LogP contribution in [0.25, 0.3) is 17.2 Å². The van der Waals surface area contributed by atoms with Gasteiger partial charge in [-0.15, -0.1) is 0 Å². The third-order valence-electron chi connectivity index (χ3n) is 10.3. The Kier molecular flexibility index (Phi) is 5.97. The minimum absolute atomic E-state index is 0.112. The summed E-state index contributed by atoms with van der Waals surface area (Å²) in [5.41, 5.74) is 8.50. The average Bonchev–Trinajstić information content (AvgIpc) is 3.45. The first kappa shape index (κ1) is 26.2. The van der Waals surface area contributed by atoms with E-state index in [9.17, 15) is 14.3 Å². The number of aromatic nitrogens is 1. The van der Waals surface area contributed by atoms with Crippen LogP contribution < -0.4 is 9.64 Å². The van der Waals surface area contributed by atoms with Gasteiger partial charge in [-0.25, -0.2) is 9.37 Å². The Morgan fingerprint density at radius 3 is 2.72 bits per heavy atom. The predicted molar refractivity (Wildman–Crippen MR) is 165 cm³/mol. The van der Waals surface area contributed by atoms with Crippen LogP contribution in [-0.2, 0) is 23.2 Å². The van der Waals surface area contributed by atoms with Gasteiger partial charge in [0.15, 0.2) is 0 Å². The minimum Gasteiger partial charge on any atom is -0.489 e. The van der Waals surface area contributed by atoms with E-state index in [0.717, 1.165) is 66.1 Å². The number of anilines is 1. The number of fused-ring (bicyclic) bond motifs is 5. The fourth-order valence-electron chi connectivity index (χ4n) is 7.87. The van der Waals surface area contributed by atoms with Crippen molar-refractivity contribution in [1.82, 2.24) is 4.98 Å². The van der Waals surface area contributed by atoms with Crippen LogP contribution in [-0.4, -0.2) is 29.1 Å². The zero-order valence-corrected chi connectivity index (χ0v) is 24.1. The lowest BCUT2D eigenvalue weighted by Gasteiger charge is -2.40. The lowest BCUT2D eigenvalue weighted by molar-refractivity contribution is -0.139. The molecule has 2 fully saturated rings. The Hall–Kier alpha value is -4.45. The maximum absolute atomic E-state index is 14.8. The molecule has 1 aromatic heterocycles. The Balaban J connectivity index is 0.949. The molecule has 1 saturated carbocycles. The van der Waals surface area contributed by atoms with Crippen molar-refractivity contribution in [3.05, 3.63) is 118 Å². The lowest BCUT2D eigenvalue weighted by Crippen LogP contribution is -2.41. The molecule has 8 rings (SSSR count). The number of hydrogen-bond acceptors (Lipinski definition) is 4. The highest BCUT2D eigenvalue weighted by Crippen LogP contribution is 2.61. The van der Waals surface area contributed by atoms with Gasteiger partial charge in [0, 0.05) is 41.2 Å². The molecule has 0 bridgehead atoms. The van der Waals surface area contributed by atoms with E-state index >= 15 is 0 Å². The van der Waals surface area contributed by atoms with Gasteiger partial charge in [-0.3, -0.25) is 4.79 Å². The van der Waals surface area contributed by atoms with Crippen LogP contribution in [0, 0.1) is 24.6 Å². The number of rotatable bonds is 6. The van der Waals surface area contributed by atoms with Gasteiger partial charge in [-0.2, -0.15) is 0 Å². The quantitative estimate of drug-likeness (QED) is 0.263. The van der Waals surface area contributed by atoms with Crippen LogP contribution in [0.3, 0.4) is 0 Å². The zero-order valence-electron chi connectivity index (χ0n) is 24.1. The van der Waals surface area contributed by atoms with E-state index in [-0.39, 0.29) is 35.6 Å². The van der Waals surface area contributed by atoms with E-state index in [4.69, 9.17) is 9.72 Å². The molecular formula is C37H33FN2O3. The summed E-state index contributed by atoms with van der Waals surface area (Å²) in [5.74, 6) is 0.746. The van der Waals surface area contributed by atoms with Gasteiger partial charge in [-0.1, -0.05) is 48.6 Å². The smallest absolute Gasteiger partial charge is 0.307 e. The number of halogens is 1. The standard InChI is InChI=1S/C37H33FN2O3/c1-22-28(9-11-33(39-22)40-16-14-37(15-17-40)13-12-23-4-2-3-5-31(23)37)24-6-10-32(38)26(18-24)21-43-27-7-8-29-25(19-27)20-30-34(29)35(30)36(41)42/h2-13,18-19,30,34-35H,14-17,20-21H2,1H3,(H,41,42). The van der Waals surface area contributed by atoms with Gasteiger partial charge >= 0.3 is 5.97 Å². The highest BCUT2D eigenvalue weighted by atomic mass is 19.1. The molecule has 3 aromatic carbocycles. The van der Waals surface area contributed by atoms with Crippen molar-refractivity contribution in [2.45, 2.75) is 44.1 Å². The highest BCUT2D eigenvalue weighted by Gasteiger charge is 2.59. The second-order valence-corrected chi connectivity index (χ2v) is 12.6. The Bertz CT molecular complexity index is 1810. The summed E-state index contributed by atoms with van der Waals surface area (Å²) in [7, 11) is 0. The van der Waals surface area contributed by atoms with Crippen molar-refractivity contribution in [3.8, 4) is 16.9 Å². The fraction of sp³-hybridized carbons (Fsp3) is 0.297. The van der Waals surface area contributed by atoms with Crippen LogP contribution in [0.5, 0.6) is 5.75 Å². The van der Waals surface area contributed by atoms with Crippen molar-refractivity contribution >= 4 is 17.9 Å². The SMILES string of the molecule is Cc1nc(N2CCC3(C=Cc4ccccc43)CC2)ccc1-c1ccc(F)c(COc2ccc3c(c2)CC2C(C(=O)O)C32)c1. The topological polar surface area (TPSA) is 62.7 Å². The normalized spacial score (nSPS) is 22.3. The Labute approximate surface area is 250 Å². The molecule has 0 amide bonds. The summed E-state index contributed by atoms with van der Waals surface area (Å²) in [6.07, 6.45) is 7.58. The van der Waals surface area contributed by atoms with E-state index in [1.54, 1.807) is 6.07 Å². The number of benzene rings is 3.